The Morgan fingerprint density at radius 3 is 2.23 bits per heavy atom. The highest BCUT2D eigenvalue weighted by Crippen LogP contribution is 2.40. The number of amides is 1. The lowest BCUT2D eigenvalue weighted by molar-refractivity contribution is -0.149. The summed E-state index contributed by atoms with van der Waals surface area (Å²) in [6.07, 6.45) is -0.717. The minimum Gasteiger partial charge on any atom is -0.507 e. The molecule has 7 heteroatoms. The molecule has 158 valence electrons. The van der Waals surface area contributed by atoms with Crippen LogP contribution in [0, 0.1) is 0 Å². The van der Waals surface area contributed by atoms with E-state index in [1.807, 2.05) is 6.92 Å². The van der Waals surface area contributed by atoms with Crippen molar-refractivity contribution in [3.63, 3.8) is 0 Å². The molecule has 1 fully saturated rings. The van der Waals surface area contributed by atoms with Gasteiger partial charge in [-0.25, -0.2) is 0 Å². The average Bonchev–Trinajstić information content (AvgIpc) is 3.03. The molecule has 1 unspecified atom stereocenters. The minimum absolute atomic E-state index is 0.0288. The van der Waals surface area contributed by atoms with Gasteiger partial charge in [0.15, 0.2) is 6.29 Å². The van der Waals surface area contributed by atoms with E-state index in [9.17, 15) is 14.7 Å². The predicted octanol–water partition coefficient (Wildman–Crippen LogP) is 3.13. The van der Waals surface area contributed by atoms with E-state index in [0.29, 0.717) is 23.5 Å². The van der Waals surface area contributed by atoms with E-state index >= 15 is 0 Å². The van der Waals surface area contributed by atoms with Crippen molar-refractivity contribution in [3.05, 3.63) is 71.3 Å². The lowest BCUT2D eigenvalue weighted by Crippen LogP contribution is -2.38. The molecule has 3 rings (SSSR count). The van der Waals surface area contributed by atoms with Gasteiger partial charge in [-0.15, -0.1) is 0 Å². The van der Waals surface area contributed by atoms with Crippen molar-refractivity contribution in [2.75, 3.05) is 27.4 Å². The van der Waals surface area contributed by atoms with Crippen LogP contribution in [0.5, 0.6) is 5.75 Å². The molecule has 1 N–H and O–H groups in total. The number of nitrogens with zero attached hydrogens (tertiary/aromatic N) is 1. The quantitative estimate of drug-likeness (QED) is 0.311. The van der Waals surface area contributed by atoms with E-state index in [4.69, 9.17) is 14.2 Å². The molecular weight excluding hydrogens is 386 g/mol. The van der Waals surface area contributed by atoms with Crippen LogP contribution in [0.25, 0.3) is 5.76 Å². The standard InChI is InChI=1S/C23H25NO6/c1-4-30-17-12-10-15(11-13-17)20-19(21(25)16-8-6-5-7-9-16)22(26)23(27)24(20)14-18(28-2)29-3/h5-13,18,20,25H,4,14H2,1-3H3/b21-19+. The molecule has 1 heterocycles. The molecule has 1 aliphatic heterocycles. The van der Waals surface area contributed by atoms with Crippen molar-refractivity contribution in [2.45, 2.75) is 19.3 Å². The summed E-state index contributed by atoms with van der Waals surface area (Å²) in [6, 6.07) is 15.0. The first kappa shape index (κ1) is 21.5. The minimum atomic E-state index is -0.784. The first-order valence-corrected chi connectivity index (χ1v) is 9.64. The molecule has 1 saturated heterocycles. The van der Waals surface area contributed by atoms with Crippen LogP contribution in [-0.2, 0) is 19.1 Å². The normalized spacial score (nSPS) is 18.3. The van der Waals surface area contributed by atoms with Crippen molar-refractivity contribution < 1.29 is 28.9 Å². The van der Waals surface area contributed by atoms with Crippen molar-refractivity contribution in [1.29, 1.82) is 0 Å². The van der Waals surface area contributed by atoms with Crippen molar-refractivity contribution >= 4 is 17.4 Å². The molecule has 1 amide bonds. The number of hydrogen-bond donors (Lipinski definition) is 1. The smallest absolute Gasteiger partial charge is 0.295 e. The van der Waals surface area contributed by atoms with E-state index in [-0.39, 0.29) is 17.9 Å². The number of aliphatic hydroxyl groups excluding tert-OH is 1. The van der Waals surface area contributed by atoms with E-state index < -0.39 is 24.0 Å². The summed E-state index contributed by atoms with van der Waals surface area (Å²) in [5, 5.41) is 10.9. The molecule has 0 aliphatic carbocycles. The zero-order valence-electron chi connectivity index (χ0n) is 17.2. The van der Waals surface area contributed by atoms with E-state index in [1.54, 1.807) is 54.6 Å². The summed E-state index contributed by atoms with van der Waals surface area (Å²) in [6.45, 7) is 2.44. The van der Waals surface area contributed by atoms with Gasteiger partial charge < -0.3 is 24.2 Å². The number of likely N-dealkylation sites (tertiary alicyclic amines) is 1. The molecule has 30 heavy (non-hydrogen) atoms. The fourth-order valence-electron chi connectivity index (χ4n) is 3.49. The fraction of sp³-hybridized carbons (Fsp3) is 0.304. The van der Waals surface area contributed by atoms with Gasteiger partial charge in [-0.2, -0.15) is 0 Å². The number of rotatable bonds is 8. The monoisotopic (exact) mass is 411 g/mol. The fourth-order valence-corrected chi connectivity index (χ4v) is 3.49. The van der Waals surface area contributed by atoms with Crippen molar-refractivity contribution in [1.82, 2.24) is 4.90 Å². The topological polar surface area (TPSA) is 85.3 Å². The van der Waals surface area contributed by atoms with Gasteiger partial charge in [-0.05, 0) is 24.6 Å². The lowest BCUT2D eigenvalue weighted by Gasteiger charge is -2.28. The summed E-state index contributed by atoms with van der Waals surface area (Å²) in [5.41, 5.74) is 1.16. The lowest BCUT2D eigenvalue weighted by atomic mass is 9.95. The second-order valence-corrected chi connectivity index (χ2v) is 6.72. The molecular formula is C23H25NO6. The maximum Gasteiger partial charge on any atom is 0.295 e. The molecule has 0 radical (unpaired) electrons. The van der Waals surface area contributed by atoms with Crippen LogP contribution >= 0.6 is 0 Å². The maximum absolute atomic E-state index is 12.9. The molecule has 0 saturated carbocycles. The average molecular weight is 411 g/mol. The molecule has 1 aliphatic rings. The highest BCUT2D eigenvalue weighted by molar-refractivity contribution is 6.46. The number of carbonyl (C=O) groups is 2. The van der Waals surface area contributed by atoms with Crippen LogP contribution in [0.2, 0.25) is 0 Å². The SMILES string of the molecule is CCOc1ccc(C2/C(=C(\O)c3ccccc3)C(=O)C(=O)N2CC(OC)OC)cc1. The van der Waals surface area contributed by atoms with Gasteiger partial charge in [-0.1, -0.05) is 42.5 Å². The van der Waals surface area contributed by atoms with Crippen LogP contribution in [-0.4, -0.2) is 55.4 Å². The molecule has 7 nitrogen and oxygen atoms in total. The first-order valence-electron chi connectivity index (χ1n) is 9.64. The van der Waals surface area contributed by atoms with Gasteiger partial charge >= 0.3 is 0 Å². The Bertz CT molecular complexity index is 918. The number of ether oxygens (including phenoxy) is 3. The van der Waals surface area contributed by atoms with E-state index in [2.05, 4.69) is 0 Å². The van der Waals surface area contributed by atoms with Crippen LogP contribution < -0.4 is 4.74 Å². The van der Waals surface area contributed by atoms with Gasteiger partial charge in [0.05, 0.1) is 24.8 Å². The van der Waals surface area contributed by atoms with Gasteiger partial charge in [0.2, 0.25) is 0 Å². The second-order valence-electron chi connectivity index (χ2n) is 6.72. The Labute approximate surface area is 175 Å². The molecule has 0 aromatic heterocycles. The molecule has 2 aromatic rings. The second kappa shape index (κ2) is 9.56. The van der Waals surface area contributed by atoms with Gasteiger partial charge in [0.1, 0.15) is 11.5 Å². The first-order chi connectivity index (χ1) is 14.5. The van der Waals surface area contributed by atoms with E-state index in [0.717, 1.165) is 0 Å². The molecule has 0 spiro atoms. The van der Waals surface area contributed by atoms with Crippen molar-refractivity contribution in [3.8, 4) is 5.75 Å². The van der Waals surface area contributed by atoms with Crippen LogP contribution in [0.3, 0.4) is 0 Å². The van der Waals surface area contributed by atoms with Crippen LogP contribution in [0.1, 0.15) is 24.1 Å². The Balaban J connectivity index is 2.11. The summed E-state index contributed by atoms with van der Waals surface area (Å²) in [7, 11) is 2.92. The van der Waals surface area contributed by atoms with Crippen LogP contribution in [0.15, 0.2) is 60.2 Å². The number of aliphatic hydroxyl groups is 1. The molecule has 1 atom stereocenters. The number of benzene rings is 2. The summed E-state index contributed by atoms with van der Waals surface area (Å²) in [4.78, 5) is 27.2. The Kier molecular flexibility index (Phi) is 6.87. The highest BCUT2D eigenvalue weighted by Gasteiger charge is 2.46. The zero-order chi connectivity index (χ0) is 21.7. The van der Waals surface area contributed by atoms with Crippen LogP contribution in [0.4, 0.5) is 0 Å². The molecule has 2 aromatic carbocycles. The number of hydrogen-bond acceptors (Lipinski definition) is 6. The Hall–Kier alpha value is -3.16. The zero-order valence-corrected chi connectivity index (χ0v) is 17.2. The summed E-state index contributed by atoms with van der Waals surface area (Å²) >= 11 is 0. The number of carbonyl (C=O) groups excluding carboxylic acids is 2. The van der Waals surface area contributed by atoms with Gasteiger partial charge in [-0.3, -0.25) is 9.59 Å². The molecule has 0 bridgehead atoms. The third kappa shape index (κ3) is 4.22. The van der Waals surface area contributed by atoms with E-state index in [1.165, 1.54) is 19.1 Å². The number of Topliss-reactive ketones (excluding diaryl/α,β-unsaturated/α-hetero) is 1. The largest absolute Gasteiger partial charge is 0.507 e. The Morgan fingerprint density at radius 1 is 1.03 bits per heavy atom. The number of ketones is 1. The van der Waals surface area contributed by atoms with Gasteiger partial charge in [0.25, 0.3) is 11.7 Å². The third-order valence-corrected chi connectivity index (χ3v) is 4.97. The Morgan fingerprint density at radius 2 is 1.67 bits per heavy atom. The van der Waals surface area contributed by atoms with Gasteiger partial charge in [0, 0.05) is 19.8 Å². The summed E-state index contributed by atoms with van der Waals surface area (Å²) in [5.74, 6) is -1.01. The highest BCUT2D eigenvalue weighted by atomic mass is 16.7. The number of methoxy groups -OCH3 is 2. The summed E-state index contributed by atoms with van der Waals surface area (Å²) < 4.78 is 16.0. The maximum atomic E-state index is 12.9. The predicted molar refractivity (Wildman–Crippen MR) is 111 cm³/mol. The third-order valence-electron chi connectivity index (χ3n) is 4.97. The van der Waals surface area contributed by atoms with Crippen molar-refractivity contribution in [2.24, 2.45) is 0 Å².